The number of halogens is 4. The van der Waals surface area contributed by atoms with Crippen LogP contribution in [0.4, 0.5) is 13.2 Å². The van der Waals surface area contributed by atoms with Crippen LogP contribution in [0.2, 0.25) is 5.02 Å². The molecule has 1 atom stereocenters. The summed E-state index contributed by atoms with van der Waals surface area (Å²) in [5.41, 5.74) is 0.602. The fourth-order valence-corrected chi connectivity index (χ4v) is 2.25. The molecule has 4 nitrogen and oxygen atoms in total. The Morgan fingerprint density at radius 2 is 1.90 bits per heavy atom. The molecule has 0 fully saturated rings. The van der Waals surface area contributed by atoms with Gasteiger partial charge in [-0.2, -0.15) is 13.2 Å². The van der Waals surface area contributed by atoms with Crippen molar-refractivity contribution in [2.24, 2.45) is 0 Å². The van der Waals surface area contributed by atoms with Gasteiger partial charge in [0.05, 0.1) is 12.6 Å². The van der Waals surface area contributed by atoms with Crippen LogP contribution < -0.4 is 14.8 Å². The molecule has 1 N–H and O–H groups in total. The molecule has 0 saturated carbocycles. The Balaban J connectivity index is 2.10. The zero-order valence-corrected chi connectivity index (χ0v) is 12.1. The van der Waals surface area contributed by atoms with Crippen LogP contribution >= 0.6 is 11.6 Å². The molecule has 0 amide bonds. The van der Waals surface area contributed by atoms with Gasteiger partial charge < -0.3 is 19.5 Å². The maximum Gasteiger partial charge on any atom is 0.411 e. The first-order valence-corrected chi connectivity index (χ1v) is 6.69. The van der Waals surface area contributed by atoms with Gasteiger partial charge in [0.25, 0.3) is 0 Å². The van der Waals surface area contributed by atoms with Gasteiger partial charge >= 0.3 is 6.18 Å². The summed E-state index contributed by atoms with van der Waals surface area (Å²) in [4.78, 5) is 0. The number of hydrogen-bond donors (Lipinski definition) is 1. The molecule has 1 unspecified atom stereocenters. The fourth-order valence-electron chi connectivity index (χ4n) is 1.97. The van der Waals surface area contributed by atoms with Crippen LogP contribution in [-0.4, -0.2) is 39.7 Å². The van der Waals surface area contributed by atoms with Crippen molar-refractivity contribution in [1.29, 1.82) is 0 Å². The molecule has 1 aliphatic rings. The third-order valence-corrected chi connectivity index (χ3v) is 3.26. The Hall–Kier alpha value is -1.18. The number of nitrogens with one attached hydrogen (secondary N) is 1. The summed E-state index contributed by atoms with van der Waals surface area (Å²) < 4.78 is 51.8. The van der Waals surface area contributed by atoms with Crippen molar-refractivity contribution >= 4 is 11.6 Å². The normalized spacial score (nSPS) is 15.9. The number of likely N-dealkylation sites (N-methyl/N-ethyl adjacent to an activating group) is 1. The zero-order chi connectivity index (χ0) is 15.5. The SMILES string of the molecule is CNC(COCC(F)(F)F)c1cc2c(cc1Cl)OCCO2. The highest BCUT2D eigenvalue weighted by molar-refractivity contribution is 6.31. The molecule has 0 aromatic heterocycles. The first-order valence-electron chi connectivity index (χ1n) is 6.31. The first kappa shape index (κ1) is 16.2. The molecule has 0 bridgehead atoms. The number of benzene rings is 1. The van der Waals surface area contributed by atoms with E-state index in [9.17, 15) is 13.2 Å². The van der Waals surface area contributed by atoms with E-state index < -0.39 is 18.8 Å². The Labute approximate surface area is 125 Å². The second-order valence-electron chi connectivity index (χ2n) is 4.49. The van der Waals surface area contributed by atoms with Gasteiger partial charge in [0.15, 0.2) is 11.5 Å². The Morgan fingerprint density at radius 1 is 1.29 bits per heavy atom. The molecule has 0 spiro atoms. The predicted molar refractivity (Wildman–Crippen MR) is 71.1 cm³/mol. The van der Waals surface area contributed by atoms with Gasteiger partial charge in [-0.1, -0.05) is 11.6 Å². The van der Waals surface area contributed by atoms with Gasteiger partial charge in [0.2, 0.25) is 0 Å². The first-order chi connectivity index (χ1) is 9.90. The number of fused-ring (bicyclic) bond motifs is 1. The van der Waals surface area contributed by atoms with Crippen LogP contribution in [0.15, 0.2) is 12.1 Å². The molecule has 1 aromatic carbocycles. The molecule has 21 heavy (non-hydrogen) atoms. The minimum atomic E-state index is -4.35. The summed E-state index contributed by atoms with van der Waals surface area (Å²) in [7, 11) is 1.62. The van der Waals surface area contributed by atoms with Crippen LogP contribution in [0.25, 0.3) is 0 Å². The highest BCUT2D eigenvalue weighted by Gasteiger charge is 2.28. The molecule has 1 heterocycles. The van der Waals surface area contributed by atoms with Crippen molar-refractivity contribution in [3.05, 3.63) is 22.7 Å². The van der Waals surface area contributed by atoms with Crippen LogP contribution in [0.5, 0.6) is 11.5 Å². The molecule has 1 aromatic rings. The maximum absolute atomic E-state index is 12.1. The van der Waals surface area contributed by atoms with Gasteiger partial charge in [0.1, 0.15) is 19.8 Å². The molecular weight excluding hydrogens is 311 g/mol. The van der Waals surface area contributed by atoms with Crippen molar-refractivity contribution in [3.63, 3.8) is 0 Å². The van der Waals surface area contributed by atoms with Gasteiger partial charge in [-0.25, -0.2) is 0 Å². The van der Waals surface area contributed by atoms with E-state index in [0.29, 0.717) is 35.3 Å². The van der Waals surface area contributed by atoms with Crippen LogP contribution in [-0.2, 0) is 4.74 Å². The molecule has 118 valence electrons. The summed E-state index contributed by atoms with van der Waals surface area (Å²) in [5, 5.41) is 3.26. The van der Waals surface area contributed by atoms with E-state index in [-0.39, 0.29) is 6.61 Å². The topological polar surface area (TPSA) is 39.7 Å². The average Bonchev–Trinajstić information content (AvgIpc) is 2.42. The molecule has 0 aliphatic carbocycles. The van der Waals surface area contributed by atoms with Crippen LogP contribution in [0.3, 0.4) is 0 Å². The van der Waals surface area contributed by atoms with Gasteiger partial charge in [-0.3, -0.25) is 0 Å². The molecule has 0 radical (unpaired) electrons. The van der Waals surface area contributed by atoms with E-state index >= 15 is 0 Å². The van der Waals surface area contributed by atoms with Crippen LogP contribution in [0, 0.1) is 0 Å². The number of ether oxygens (including phenoxy) is 3. The number of hydrogen-bond acceptors (Lipinski definition) is 4. The number of rotatable bonds is 5. The van der Waals surface area contributed by atoms with E-state index in [2.05, 4.69) is 10.1 Å². The monoisotopic (exact) mass is 325 g/mol. The summed E-state index contributed by atoms with van der Waals surface area (Å²) >= 11 is 6.15. The van der Waals surface area contributed by atoms with Crippen molar-refractivity contribution in [2.45, 2.75) is 12.2 Å². The molecule has 8 heteroatoms. The van der Waals surface area contributed by atoms with E-state index in [0.717, 1.165) is 0 Å². The highest BCUT2D eigenvalue weighted by Crippen LogP contribution is 2.37. The van der Waals surface area contributed by atoms with Crippen molar-refractivity contribution in [3.8, 4) is 11.5 Å². The Kier molecular flexibility index (Phi) is 5.18. The molecule has 0 saturated heterocycles. The minimum absolute atomic E-state index is 0.157. The zero-order valence-electron chi connectivity index (χ0n) is 11.3. The highest BCUT2D eigenvalue weighted by atomic mass is 35.5. The number of alkyl halides is 3. The quantitative estimate of drug-likeness (QED) is 0.903. The average molecular weight is 326 g/mol. The second kappa shape index (κ2) is 6.72. The fraction of sp³-hybridized carbons (Fsp3) is 0.538. The summed E-state index contributed by atoms with van der Waals surface area (Å²) in [6, 6.07) is 2.78. The van der Waals surface area contributed by atoms with E-state index in [1.165, 1.54) is 0 Å². The van der Waals surface area contributed by atoms with E-state index in [1.807, 2.05) is 0 Å². The third-order valence-electron chi connectivity index (χ3n) is 2.94. The van der Waals surface area contributed by atoms with Crippen molar-refractivity contribution in [1.82, 2.24) is 5.32 Å². The lowest BCUT2D eigenvalue weighted by Gasteiger charge is -2.23. The summed E-state index contributed by atoms with van der Waals surface area (Å²) in [5.74, 6) is 1.05. The Bertz CT molecular complexity index is 496. The maximum atomic E-state index is 12.1. The largest absolute Gasteiger partial charge is 0.486 e. The summed E-state index contributed by atoms with van der Waals surface area (Å²) in [6.45, 7) is -0.599. The van der Waals surface area contributed by atoms with E-state index in [1.54, 1.807) is 19.2 Å². The minimum Gasteiger partial charge on any atom is -0.486 e. The van der Waals surface area contributed by atoms with Crippen molar-refractivity contribution in [2.75, 3.05) is 33.5 Å². The van der Waals surface area contributed by atoms with E-state index in [4.69, 9.17) is 21.1 Å². The molecule has 1 aliphatic heterocycles. The molecule has 2 rings (SSSR count). The standard InChI is InChI=1S/C13H15ClF3NO3/c1-18-10(6-19-7-13(15,16)17)8-4-11-12(5-9(8)14)21-3-2-20-11/h4-5,10,18H,2-3,6-7H2,1H3. The van der Waals surface area contributed by atoms with Crippen molar-refractivity contribution < 1.29 is 27.4 Å². The lowest BCUT2D eigenvalue weighted by atomic mass is 10.1. The van der Waals surface area contributed by atoms with Gasteiger partial charge in [0, 0.05) is 11.1 Å². The molecular formula is C13H15ClF3NO3. The van der Waals surface area contributed by atoms with Crippen LogP contribution in [0.1, 0.15) is 11.6 Å². The summed E-state index contributed by atoms with van der Waals surface area (Å²) in [6.07, 6.45) is -4.35. The van der Waals surface area contributed by atoms with Gasteiger partial charge in [-0.15, -0.1) is 0 Å². The lowest BCUT2D eigenvalue weighted by Crippen LogP contribution is -2.26. The second-order valence-corrected chi connectivity index (χ2v) is 4.90. The predicted octanol–water partition coefficient (Wildman–Crippen LogP) is 2.95. The lowest BCUT2D eigenvalue weighted by molar-refractivity contribution is -0.175. The Morgan fingerprint density at radius 3 is 2.48 bits per heavy atom. The third kappa shape index (κ3) is 4.39. The van der Waals surface area contributed by atoms with Gasteiger partial charge in [-0.05, 0) is 18.7 Å². The smallest absolute Gasteiger partial charge is 0.411 e.